The van der Waals surface area contributed by atoms with Gasteiger partial charge in [0.25, 0.3) is 0 Å². The summed E-state index contributed by atoms with van der Waals surface area (Å²) in [6.07, 6.45) is 0.0170. The molecule has 0 radical (unpaired) electrons. The molecule has 1 amide bonds. The van der Waals surface area contributed by atoms with Gasteiger partial charge in [-0.05, 0) is 6.07 Å². The number of carbonyl (C=O) groups is 2. The first-order chi connectivity index (χ1) is 9.43. The highest BCUT2D eigenvalue weighted by atomic mass is 19.1. The van der Waals surface area contributed by atoms with E-state index >= 15 is 0 Å². The minimum atomic E-state index is -1.51. The quantitative estimate of drug-likeness (QED) is 0.862. The molecule has 1 aromatic carbocycles. The zero-order valence-electron chi connectivity index (χ0n) is 10.4. The predicted molar refractivity (Wildman–Crippen MR) is 63.6 cm³/mol. The van der Waals surface area contributed by atoms with Crippen molar-refractivity contribution in [1.82, 2.24) is 4.90 Å². The van der Waals surface area contributed by atoms with Crippen molar-refractivity contribution < 1.29 is 28.6 Å². The molecule has 20 heavy (non-hydrogen) atoms. The van der Waals surface area contributed by atoms with Crippen molar-refractivity contribution >= 4 is 11.9 Å². The zero-order valence-corrected chi connectivity index (χ0v) is 10.4. The van der Waals surface area contributed by atoms with Crippen molar-refractivity contribution in [2.75, 3.05) is 13.2 Å². The van der Waals surface area contributed by atoms with Crippen LogP contribution in [0.1, 0.15) is 18.0 Å². The molecule has 0 aliphatic carbocycles. The molecular weight excluding hydrogens is 272 g/mol. The molecule has 1 aliphatic rings. The Hall–Kier alpha value is -2.02. The van der Waals surface area contributed by atoms with E-state index in [1.165, 1.54) is 0 Å². The van der Waals surface area contributed by atoms with Gasteiger partial charge in [0.15, 0.2) is 6.04 Å². The van der Waals surface area contributed by atoms with Crippen molar-refractivity contribution in [1.29, 1.82) is 0 Å². The normalized spacial score (nSPS) is 20.2. The highest BCUT2D eigenvalue weighted by Gasteiger charge is 2.39. The van der Waals surface area contributed by atoms with Gasteiger partial charge < -0.3 is 15.1 Å². The summed E-state index contributed by atoms with van der Waals surface area (Å²) in [5.74, 6) is -4.08. The lowest BCUT2D eigenvalue weighted by atomic mass is 10.0. The van der Waals surface area contributed by atoms with Gasteiger partial charge in [-0.15, -0.1) is 0 Å². The van der Waals surface area contributed by atoms with E-state index in [4.69, 9.17) is 5.11 Å². The molecule has 0 aromatic heterocycles. The van der Waals surface area contributed by atoms with Gasteiger partial charge in [0.05, 0.1) is 0 Å². The van der Waals surface area contributed by atoms with Crippen LogP contribution in [0.5, 0.6) is 0 Å². The number of hydrogen-bond donors (Lipinski definition) is 2. The molecule has 2 rings (SSSR count). The highest BCUT2D eigenvalue weighted by Crippen LogP contribution is 2.30. The van der Waals surface area contributed by atoms with Gasteiger partial charge >= 0.3 is 5.97 Å². The number of amides is 1. The van der Waals surface area contributed by atoms with E-state index in [-0.39, 0.29) is 31.1 Å². The fraction of sp³-hybridized carbons (Fsp3) is 0.385. The van der Waals surface area contributed by atoms with E-state index in [1.807, 2.05) is 0 Å². The lowest BCUT2D eigenvalue weighted by Gasteiger charge is -2.25. The Bertz CT molecular complexity index is 549. The van der Waals surface area contributed by atoms with Gasteiger partial charge in [0, 0.05) is 37.1 Å². The van der Waals surface area contributed by atoms with Crippen LogP contribution in [0.15, 0.2) is 18.2 Å². The first-order valence-corrected chi connectivity index (χ1v) is 6.02. The topological polar surface area (TPSA) is 77.8 Å². The molecule has 108 valence electrons. The van der Waals surface area contributed by atoms with Gasteiger partial charge in [-0.1, -0.05) is 6.07 Å². The summed E-state index contributed by atoms with van der Waals surface area (Å²) in [5.41, 5.74) is -0.272. The molecule has 2 N–H and O–H groups in total. The Balaban J connectivity index is 2.37. The number of aliphatic hydroxyl groups excluding tert-OH is 1. The van der Waals surface area contributed by atoms with E-state index < -0.39 is 29.6 Å². The fourth-order valence-corrected chi connectivity index (χ4v) is 2.34. The molecular formula is C13H13F2NO4. The van der Waals surface area contributed by atoms with E-state index in [0.29, 0.717) is 6.07 Å². The monoisotopic (exact) mass is 285 g/mol. The zero-order chi connectivity index (χ0) is 14.9. The minimum absolute atomic E-state index is 0.0170. The second-order valence-electron chi connectivity index (χ2n) is 4.71. The third kappa shape index (κ3) is 2.62. The molecule has 1 aromatic rings. The van der Waals surface area contributed by atoms with Crippen LogP contribution in [0.3, 0.4) is 0 Å². The Morgan fingerprint density at radius 2 is 2.15 bits per heavy atom. The van der Waals surface area contributed by atoms with Crippen molar-refractivity contribution in [3.05, 3.63) is 35.4 Å². The summed E-state index contributed by atoms with van der Waals surface area (Å²) in [6.45, 7) is -0.219. The molecule has 1 aliphatic heterocycles. The number of likely N-dealkylation sites (tertiary alicyclic amines) is 1. The fourth-order valence-electron chi connectivity index (χ4n) is 2.34. The molecule has 2 atom stereocenters. The third-order valence-electron chi connectivity index (χ3n) is 3.30. The minimum Gasteiger partial charge on any atom is -0.479 e. The molecule has 1 heterocycles. The molecule has 1 saturated heterocycles. The molecule has 0 spiro atoms. The van der Waals surface area contributed by atoms with Crippen LogP contribution in [-0.2, 0) is 9.59 Å². The Morgan fingerprint density at radius 1 is 1.45 bits per heavy atom. The van der Waals surface area contributed by atoms with Gasteiger partial charge in [-0.3, -0.25) is 4.79 Å². The summed E-state index contributed by atoms with van der Waals surface area (Å²) < 4.78 is 26.6. The maximum Gasteiger partial charge on any atom is 0.331 e. The summed E-state index contributed by atoms with van der Waals surface area (Å²) >= 11 is 0. The number of aliphatic carboxylic acids is 1. The number of carboxylic acids is 1. The lowest BCUT2D eigenvalue weighted by molar-refractivity contribution is -0.148. The number of benzene rings is 1. The van der Waals surface area contributed by atoms with E-state index in [0.717, 1.165) is 17.0 Å². The summed E-state index contributed by atoms with van der Waals surface area (Å²) in [6, 6.07) is 1.02. The molecule has 2 unspecified atom stereocenters. The van der Waals surface area contributed by atoms with Crippen LogP contribution in [0.25, 0.3) is 0 Å². The number of aliphatic hydroxyl groups is 1. The highest BCUT2D eigenvalue weighted by molar-refractivity contribution is 5.86. The smallest absolute Gasteiger partial charge is 0.331 e. The molecule has 1 fully saturated rings. The lowest BCUT2D eigenvalue weighted by Crippen LogP contribution is -2.36. The van der Waals surface area contributed by atoms with Crippen LogP contribution in [-0.4, -0.2) is 40.1 Å². The summed E-state index contributed by atoms with van der Waals surface area (Å²) in [5, 5.41) is 18.3. The van der Waals surface area contributed by atoms with Crippen LogP contribution in [0, 0.1) is 17.6 Å². The average molecular weight is 285 g/mol. The Labute approximate surface area is 113 Å². The Morgan fingerprint density at radius 3 is 2.65 bits per heavy atom. The first-order valence-electron chi connectivity index (χ1n) is 6.02. The number of carboxylic acid groups (broad SMARTS) is 1. The van der Waals surface area contributed by atoms with Gasteiger partial charge in [0.1, 0.15) is 11.6 Å². The second kappa shape index (κ2) is 5.54. The molecule has 5 nitrogen and oxygen atoms in total. The second-order valence-corrected chi connectivity index (χ2v) is 4.71. The number of halogens is 2. The predicted octanol–water partition coefficient (Wildman–Crippen LogP) is 0.931. The largest absolute Gasteiger partial charge is 0.479 e. The molecule has 0 bridgehead atoms. The number of carbonyl (C=O) groups excluding carboxylic acids is 1. The number of nitrogens with zero attached hydrogens (tertiary/aromatic N) is 1. The molecule has 0 saturated carbocycles. The van der Waals surface area contributed by atoms with E-state index in [9.17, 15) is 23.5 Å². The van der Waals surface area contributed by atoms with E-state index in [1.54, 1.807) is 0 Å². The third-order valence-corrected chi connectivity index (χ3v) is 3.30. The van der Waals surface area contributed by atoms with E-state index in [2.05, 4.69) is 0 Å². The molecule has 7 heteroatoms. The number of hydrogen-bond acceptors (Lipinski definition) is 3. The van der Waals surface area contributed by atoms with Crippen LogP contribution in [0.4, 0.5) is 8.78 Å². The number of rotatable bonds is 4. The van der Waals surface area contributed by atoms with Crippen molar-refractivity contribution in [2.45, 2.75) is 12.5 Å². The maximum absolute atomic E-state index is 13.7. The van der Waals surface area contributed by atoms with Gasteiger partial charge in [-0.2, -0.15) is 0 Å². The average Bonchev–Trinajstić information content (AvgIpc) is 2.73. The van der Waals surface area contributed by atoms with Crippen LogP contribution in [0.2, 0.25) is 0 Å². The van der Waals surface area contributed by atoms with Crippen molar-refractivity contribution in [2.24, 2.45) is 5.92 Å². The Kier molecular flexibility index (Phi) is 3.99. The van der Waals surface area contributed by atoms with Crippen molar-refractivity contribution in [3.63, 3.8) is 0 Å². The summed E-state index contributed by atoms with van der Waals surface area (Å²) in [7, 11) is 0. The van der Waals surface area contributed by atoms with Gasteiger partial charge in [-0.25, -0.2) is 13.6 Å². The SMILES string of the molecule is O=C(O)C(c1ccc(F)cc1F)N1CC(CO)CC1=O. The van der Waals surface area contributed by atoms with Crippen LogP contribution < -0.4 is 0 Å². The standard InChI is InChI=1S/C13H13F2NO4/c14-8-1-2-9(10(15)4-8)12(13(19)20)16-5-7(6-17)3-11(16)18/h1-2,4,7,12,17H,3,5-6H2,(H,19,20). The van der Waals surface area contributed by atoms with Crippen molar-refractivity contribution in [3.8, 4) is 0 Å². The summed E-state index contributed by atoms with van der Waals surface area (Å²) in [4.78, 5) is 24.1. The first kappa shape index (κ1) is 14.4. The maximum atomic E-state index is 13.7. The van der Waals surface area contributed by atoms with Gasteiger partial charge in [0.2, 0.25) is 5.91 Å². The van der Waals surface area contributed by atoms with Crippen LogP contribution >= 0.6 is 0 Å².